The van der Waals surface area contributed by atoms with Crippen molar-refractivity contribution in [2.75, 3.05) is 44.3 Å². The summed E-state index contributed by atoms with van der Waals surface area (Å²) in [5, 5.41) is 1.13. The Morgan fingerprint density at radius 1 is 1.39 bits per heavy atom. The first-order valence-corrected chi connectivity index (χ1v) is 7.40. The average Bonchev–Trinajstić information content (AvgIpc) is 3.08. The maximum atomic E-state index is 5.64. The number of hydrogen-bond donors (Lipinski definition) is 1. The predicted octanol–water partition coefficient (Wildman–Crippen LogP) is 0.513. The van der Waals surface area contributed by atoms with Gasteiger partial charge in [0.15, 0.2) is 5.13 Å². The van der Waals surface area contributed by atoms with Crippen LogP contribution in [0.15, 0.2) is 6.20 Å². The lowest BCUT2D eigenvalue weighted by molar-refractivity contribution is 0.0209. The van der Waals surface area contributed by atoms with Gasteiger partial charge < -0.3 is 15.4 Å². The number of aromatic nitrogens is 1. The van der Waals surface area contributed by atoms with Crippen LogP contribution in [-0.2, 0) is 11.3 Å². The van der Waals surface area contributed by atoms with Crippen molar-refractivity contribution in [2.24, 2.45) is 5.73 Å². The molecule has 6 heteroatoms. The topological polar surface area (TPSA) is 54.6 Å². The first-order valence-electron chi connectivity index (χ1n) is 6.58. The zero-order valence-corrected chi connectivity index (χ0v) is 11.4. The van der Waals surface area contributed by atoms with E-state index in [1.54, 1.807) is 11.3 Å². The highest BCUT2D eigenvalue weighted by atomic mass is 32.1. The molecule has 5 nitrogen and oxygen atoms in total. The lowest BCUT2D eigenvalue weighted by Crippen LogP contribution is -2.44. The first-order chi connectivity index (χ1) is 8.86. The molecule has 1 atom stereocenters. The summed E-state index contributed by atoms with van der Waals surface area (Å²) in [6, 6.07) is 0.666. The Morgan fingerprint density at radius 3 is 2.94 bits per heavy atom. The van der Waals surface area contributed by atoms with E-state index in [4.69, 9.17) is 10.5 Å². The molecule has 0 aliphatic carbocycles. The molecule has 0 spiro atoms. The minimum absolute atomic E-state index is 0.596. The Morgan fingerprint density at radius 2 is 2.22 bits per heavy atom. The summed E-state index contributed by atoms with van der Waals surface area (Å²) in [5.41, 5.74) is 5.64. The fraction of sp³-hybridized carbons (Fsp3) is 0.750. The number of anilines is 1. The van der Waals surface area contributed by atoms with Crippen LogP contribution in [0.5, 0.6) is 0 Å². The molecule has 1 aromatic heterocycles. The number of rotatable bonds is 3. The van der Waals surface area contributed by atoms with Gasteiger partial charge in [0, 0.05) is 49.8 Å². The summed E-state index contributed by atoms with van der Waals surface area (Å²) < 4.78 is 5.41. The molecule has 2 fully saturated rings. The molecule has 1 unspecified atom stereocenters. The van der Waals surface area contributed by atoms with Crippen LogP contribution in [0.4, 0.5) is 5.13 Å². The molecule has 0 bridgehead atoms. The molecular weight excluding hydrogens is 248 g/mol. The van der Waals surface area contributed by atoms with Gasteiger partial charge in [0.25, 0.3) is 0 Å². The van der Waals surface area contributed by atoms with Crippen molar-refractivity contribution in [1.29, 1.82) is 0 Å². The second kappa shape index (κ2) is 5.52. The number of morpholine rings is 1. The summed E-state index contributed by atoms with van der Waals surface area (Å²) in [5.74, 6) is 0. The van der Waals surface area contributed by atoms with Crippen molar-refractivity contribution < 1.29 is 4.74 Å². The number of nitrogens with two attached hydrogens (primary N) is 1. The van der Waals surface area contributed by atoms with Crippen LogP contribution in [0.1, 0.15) is 11.3 Å². The Kier molecular flexibility index (Phi) is 3.79. The third kappa shape index (κ3) is 2.51. The summed E-state index contributed by atoms with van der Waals surface area (Å²) in [6.07, 6.45) is 3.14. The molecule has 0 saturated carbocycles. The minimum Gasteiger partial charge on any atom is -0.379 e. The van der Waals surface area contributed by atoms with Gasteiger partial charge in [-0.15, -0.1) is 11.3 Å². The monoisotopic (exact) mass is 268 g/mol. The lowest BCUT2D eigenvalue weighted by Gasteiger charge is -2.32. The fourth-order valence-electron chi connectivity index (χ4n) is 2.69. The molecule has 2 aliphatic heterocycles. The molecule has 0 aromatic carbocycles. The van der Waals surface area contributed by atoms with Gasteiger partial charge in [-0.3, -0.25) is 4.90 Å². The van der Waals surface area contributed by atoms with Gasteiger partial charge in [-0.05, 0) is 6.42 Å². The first kappa shape index (κ1) is 12.3. The highest BCUT2D eigenvalue weighted by Crippen LogP contribution is 2.27. The maximum absolute atomic E-state index is 5.64. The van der Waals surface area contributed by atoms with Crippen LogP contribution >= 0.6 is 11.3 Å². The largest absolute Gasteiger partial charge is 0.379 e. The van der Waals surface area contributed by atoms with Gasteiger partial charge in [-0.25, -0.2) is 4.98 Å². The highest BCUT2D eigenvalue weighted by molar-refractivity contribution is 7.15. The summed E-state index contributed by atoms with van der Waals surface area (Å²) in [4.78, 5) is 10.6. The highest BCUT2D eigenvalue weighted by Gasteiger charge is 2.29. The predicted molar refractivity (Wildman–Crippen MR) is 73.0 cm³/mol. The third-order valence-electron chi connectivity index (χ3n) is 3.74. The quantitative estimate of drug-likeness (QED) is 0.866. The Bertz CT molecular complexity index is 391. The number of thiazole rings is 1. The van der Waals surface area contributed by atoms with Crippen LogP contribution in [0.2, 0.25) is 0 Å². The van der Waals surface area contributed by atoms with E-state index < -0.39 is 0 Å². The van der Waals surface area contributed by atoms with E-state index in [0.29, 0.717) is 12.6 Å². The van der Waals surface area contributed by atoms with Crippen molar-refractivity contribution in [2.45, 2.75) is 19.0 Å². The Balaban J connectivity index is 1.60. The van der Waals surface area contributed by atoms with E-state index in [-0.39, 0.29) is 0 Å². The van der Waals surface area contributed by atoms with Crippen molar-refractivity contribution in [3.8, 4) is 0 Å². The zero-order valence-electron chi connectivity index (χ0n) is 10.5. The summed E-state index contributed by atoms with van der Waals surface area (Å²) >= 11 is 1.73. The van der Waals surface area contributed by atoms with Crippen LogP contribution in [0, 0.1) is 0 Å². The van der Waals surface area contributed by atoms with Crippen LogP contribution in [0.3, 0.4) is 0 Å². The third-order valence-corrected chi connectivity index (χ3v) is 4.82. The molecule has 100 valence electrons. The molecule has 0 amide bonds. The van der Waals surface area contributed by atoms with Crippen LogP contribution in [-0.4, -0.2) is 55.3 Å². The second-order valence-electron chi connectivity index (χ2n) is 4.85. The SMILES string of the molecule is NCc1cnc(N2CCC(N3CCOCC3)C2)s1. The zero-order chi connectivity index (χ0) is 12.4. The van der Waals surface area contributed by atoms with Crippen molar-refractivity contribution >= 4 is 16.5 Å². The molecule has 18 heavy (non-hydrogen) atoms. The van der Waals surface area contributed by atoms with Gasteiger partial charge in [-0.2, -0.15) is 0 Å². The van der Waals surface area contributed by atoms with E-state index in [1.165, 1.54) is 11.3 Å². The smallest absolute Gasteiger partial charge is 0.185 e. The number of ether oxygens (including phenoxy) is 1. The second-order valence-corrected chi connectivity index (χ2v) is 5.94. The number of hydrogen-bond acceptors (Lipinski definition) is 6. The van der Waals surface area contributed by atoms with Crippen LogP contribution in [0.25, 0.3) is 0 Å². The van der Waals surface area contributed by atoms with Gasteiger partial charge in [0.05, 0.1) is 13.2 Å². The molecule has 2 aliphatic rings. The van der Waals surface area contributed by atoms with E-state index >= 15 is 0 Å². The molecule has 3 heterocycles. The van der Waals surface area contributed by atoms with Gasteiger partial charge in [0.2, 0.25) is 0 Å². The average molecular weight is 268 g/mol. The van der Waals surface area contributed by atoms with E-state index in [9.17, 15) is 0 Å². The molecule has 2 saturated heterocycles. The molecule has 2 N–H and O–H groups in total. The Hall–Kier alpha value is -0.690. The normalized spacial score (nSPS) is 25.8. The lowest BCUT2D eigenvalue weighted by atomic mass is 10.2. The van der Waals surface area contributed by atoms with Crippen LogP contribution < -0.4 is 10.6 Å². The number of nitrogens with zero attached hydrogens (tertiary/aromatic N) is 3. The van der Waals surface area contributed by atoms with Crippen molar-refractivity contribution in [3.05, 3.63) is 11.1 Å². The van der Waals surface area contributed by atoms with Crippen molar-refractivity contribution in [3.63, 3.8) is 0 Å². The molecular formula is C12H20N4OS. The van der Waals surface area contributed by atoms with Gasteiger partial charge in [0.1, 0.15) is 0 Å². The summed E-state index contributed by atoms with van der Waals surface area (Å²) in [6.45, 7) is 6.71. The molecule has 1 aromatic rings. The van der Waals surface area contributed by atoms with Crippen molar-refractivity contribution in [1.82, 2.24) is 9.88 Å². The molecule has 3 rings (SSSR count). The summed E-state index contributed by atoms with van der Waals surface area (Å²) in [7, 11) is 0. The molecule has 0 radical (unpaired) electrons. The standard InChI is InChI=1S/C12H20N4OS/c13-7-11-8-14-12(18-11)16-2-1-10(9-16)15-3-5-17-6-4-15/h8,10H,1-7,9,13H2. The fourth-order valence-corrected chi connectivity index (χ4v) is 3.52. The van der Waals surface area contributed by atoms with E-state index in [2.05, 4.69) is 14.8 Å². The van der Waals surface area contributed by atoms with E-state index in [1.807, 2.05) is 6.20 Å². The Labute approximate surface area is 112 Å². The minimum atomic E-state index is 0.596. The van der Waals surface area contributed by atoms with Gasteiger partial charge in [-0.1, -0.05) is 0 Å². The van der Waals surface area contributed by atoms with E-state index in [0.717, 1.165) is 44.5 Å². The van der Waals surface area contributed by atoms with Gasteiger partial charge >= 0.3 is 0 Å². The maximum Gasteiger partial charge on any atom is 0.185 e.